The normalized spacial score (nSPS) is 27.8. The molecule has 1 saturated carbocycles. The number of likely N-dealkylation sites (tertiary alicyclic amines) is 1. The molecule has 2 aromatic rings. The number of aromatic hydroxyl groups is 1. The van der Waals surface area contributed by atoms with Crippen LogP contribution in [0.1, 0.15) is 62.3 Å². The van der Waals surface area contributed by atoms with Crippen LogP contribution in [-0.4, -0.2) is 65.1 Å². The van der Waals surface area contributed by atoms with Crippen LogP contribution < -0.4 is 9.47 Å². The zero-order chi connectivity index (χ0) is 28.3. The number of benzene rings is 2. The summed E-state index contributed by atoms with van der Waals surface area (Å²) >= 11 is 0. The van der Waals surface area contributed by atoms with E-state index in [2.05, 4.69) is 37.6 Å². The average molecular weight is 543 g/mol. The van der Waals surface area contributed by atoms with Crippen molar-refractivity contribution in [3.8, 4) is 29.1 Å². The number of phenols is 1. The number of hydrogen-bond donors (Lipinski definition) is 1. The second-order valence-electron chi connectivity index (χ2n) is 12.5. The average Bonchev–Trinajstić information content (AvgIpc) is 3.24. The second kappa shape index (κ2) is 9.85. The summed E-state index contributed by atoms with van der Waals surface area (Å²) < 4.78 is 12.4. The maximum absolute atomic E-state index is 13.8. The highest BCUT2D eigenvalue weighted by molar-refractivity contribution is 5.94. The predicted octanol–water partition coefficient (Wildman–Crippen LogP) is 4.20. The van der Waals surface area contributed by atoms with E-state index in [4.69, 9.17) is 9.47 Å². The first-order chi connectivity index (χ1) is 19.1. The monoisotopic (exact) mass is 542 g/mol. The quantitative estimate of drug-likeness (QED) is 0.355. The number of carbonyl (C=O) groups is 2. The van der Waals surface area contributed by atoms with Crippen LogP contribution >= 0.6 is 0 Å². The van der Waals surface area contributed by atoms with Crippen LogP contribution in [0.15, 0.2) is 30.3 Å². The van der Waals surface area contributed by atoms with Gasteiger partial charge in [0.25, 0.3) is 5.91 Å². The van der Waals surface area contributed by atoms with Crippen LogP contribution in [0, 0.1) is 30.6 Å². The molecule has 7 nitrogen and oxygen atoms in total. The molecule has 2 aromatic carbocycles. The van der Waals surface area contributed by atoms with Gasteiger partial charge in [-0.25, -0.2) is 0 Å². The van der Waals surface area contributed by atoms with Crippen molar-refractivity contribution in [3.05, 3.63) is 52.6 Å². The first-order valence-corrected chi connectivity index (χ1v) is 14.4. The second-order valence-corrected chi connectivity index (χ2v) is 12.5. The van der Waals surface area contributed by atoms with Gasteiger partial charge in [0, 0.05) is 53.6 Å². The molecule has 2 fully saturated rings. The maximum Gasteiger partial charge on any atom is 0.308 e. The van der Waals surface area contributed by atoms with Gasteiger partial charge in [-0.3, -0.25) is 9.59 Å². The smallest absolute Gasteiger partial charge is 0.308 e. The molecule has 2 aliphatic heterocycles. The third-order valence-electron chi connectivity index (χ3n) is 9.46. The Kier molecular flexibility index (Phi) is 6.58. The molecule has 5 atom stereocenters. The van der Waals surface area contributed by atoms with Crippen LogP contribution in [0.3, 0.4) is 0 Å². The SMILES string of the molecule is CC(=O)Oc1cc(O)c2c3c1O[C@H]1[C@@H](N(CC(C)C)C(=O)C#Cc4cccc(C)c4)CC[C@H]4[C@@H](C2)N(C)CC[C@@]341. The van der Waals surface area contributed by atoms with E-state index < -0.39 is 5.97 Å². The van der Waals surface area contributed by atoms with Crippen molar-refractivity contribution in [1.82, 2.24) is 9.80 Å². The number of aryl methyl sites for hydroxylation is 1. The van der Waals surface area contributed by atoms with Crippen molar-refractivity contribution in [1.29, 1.82) is 0 Å². The predicted molar refractivity (Wildman–Crippen MR) is 151 cm³/mol. The lowest BCUT2D eigenvalue weighted by atomic mass is 9.51. The minimum Gasteiger partial charge on any atom is -0.508 e. The summed E-state index contributed by atoms with van der Waals surface area (Å²) in [6.45, 7) is 9.07. The number of amides is 1. The number of ether oxygens (including phenoxy) is 2. The van der Waals surface area contributed by atoms with E-state index in [1.54, 1.807) is 0 Å². The molecule has 1 saturated heterocycles. The Morgan fingerprint density at radius 1 is 1.27 bits per heavy atom. The fraction of sp³-hybridized carbons (Fsp3) is 0.515. The number of likely N-dealkylation sites (N-methyl/N-ethyl adjacent to an activating group) is 1. The third-order valence-corrected chi connectivity index (χ3v) is 9.46. The van der Waals surface area contributed by atoms with E-state index in [0.717, 1.165) is 54.5 Å². The summed E-state index contributed by atoms with van der Waals surface area (Å²) in [7, 11) is 2.17. The first-order valence-electron chi connectivity index (χ1n) is 14.4. The van der Waals surface area contributed by atoms with Gasteiger partial charge in [-0.2, -0.15) is 0 Å². The fourth-order valence-corrected chi connectivity index (χ4v) is 8.00. The summed E-state index contributed by atoms with van der Waals surface area (Å²) in [6.07, 6.45) is 3.03. The van der Waals surface area contributed by atoms with Gasteiger partial charge in [0.15, 0.2) is 11.5 Å². The molecule has 1 spiro atoms. The highest BCUT2D eigenvalue weighted by Crippen LogP contribution is 2.65. The molecule has 1 amide bonds. The van der Waals surface area contributed by atoms with Crippen LogP contribution in [-0.2, 0) is 21.4 Å². The van der Waals surface area contributed by atoms with E-state index in [1.807, 2.05) is 36.1 Å². The van der Waals surface area contributed by atoms with Gasteiger partial charge in [-0.15, -0.1) is 0 Å². The Balaban J connectivity index is 1.45. The maximum atomic E-state index is 13.8. The Morgan fingerprint density at radius 2 is 2.08 bits per heavy atom. The number of phenolic OH excluding ortho intramolecular Hbond substituents is 1. The number of piperidine rings is 1. The molecular weight excluding hydrogens is 504 g/mol. The van der Waals surface area contributed by atoms with Crippen molar-refractivity contribution >= 4 is 11.9 Å². The molecule has 1 N–H and O–H groups in total. The number of nitrogens with zero attached hydrogens (tertiary/aromatic N) is 2. The Bertz CT molecular complexity index is 1440. The van der Waals surface area contributed by atoms with Crippen molar-refractivity contribution in [2.24, 2.45) is 11.8 Å². The lowest BCUT2D eigenvalue weighted by Gasteiger charge is -2.60. The molecule has 0 aromatic heterocycles. The minimum atomic E-state index is -0.459. The fourth-order valence-electron chi connectivity index (χ4n) is 8.00. The Morgan fingerprint density at radius 3 is 2.80 bits per heavy atom. The molecule has 4 aliphatic rings. The summed E-state index contributed by atoms with van der Waals surface area (Å²) in [5.41, 5.74) is 3.44. The van der Waals surface area contributed by atoms with Crippen LogP contribution in [0.5, 0.6) is 17.2 Å². The Hall–Kier alpha value is -3.50. The lowest BCUT2D eigenvalue weighted by molar-refractivity contribution is -0.137. The third kappa shape index (κ3) is 4.16. The highest BCUT2D eigenvalue weighted by atomic mass is 16.6. The van der Waals surface area contributed by atoms with Crippen molar-refractivity contribution in [3.63, 3.8) is 0 Å². The van der Waals surface area contributed by atoms with E-state index in [-0.39, 0.29) is 46.9 Å². The van der Waals surface area contributed by atoms with E-state index in [9.17, 15) is 14.7 Å². The minimum absolute atomic E-state index is 0.152. The number of esters is 1. The van der Waals surface area contributed by atoms with Crippen LogP contribution in [0.2, 0.25) is 0 Å². The summed E-state index contributed by atoms with van der Waals surface area (Å²) in [5.74, 6) is 6.93. The highest BCUT2D eigenvalue weighted by Gasteiger charge is 2.67. The standard InChI is InChI=1S/C33H38N2O5/c1-19(2)18-35(29(38)12-9-22-8-6-7-20(3)15-22)25-11-10-24-26-16-23-27(37)17-28(39-21(4)36)31-30(23)33(24,32(25)40-31)13-14-34(26)5/h6-8,15,17,19,24-26,32,37H,10-11,13-14,16,18H2,1-5H3/t24-,25-,26+,32-,33-/m0/s1. The molecule has 2 bridgehead atoms. The molecular formula is C33H38N2O5. The molecule has 210 valence electrons. The van der Waals surface area contributed by atoms with E-state index in [0.29, 0.717) is 18.2 Å². The van der Waals surface area contributed by atoms with Gasteiger partial charge in [-0.1, -0.05) is 31.9 Å². The first kappa shape index (κ1) is 26.7. The number of hydrogen-bond acceptors (Lipinski definition) is 6. The summed E-state index contributed by atoms with van der Waals surface area (Å²) in [4.78, 5) is 30.2. The molecule has 6 rings (SSSR count). The van der Waals surface area contributed by atoms with Gasteiger partial charge in [0.1, 0.15) is 11.9 Å². The van der Waals surface area contributed by atoms with Crippen LogP contribution in [0.25, 0.3) is 0 Å². The molecule has 2 aliphatic carbocycles. The van der Waals surface area contributed by atoms with Crippen molar-refractivity contribution in [2.45, 2.75) is 77.0 Å². The zero-order valence-corrected chi connectivity index (χ0v) is 24.0. The molecule has 0 unspecified atom stereocenters. The number of rotatable bonds is 4. The van der Waals surface area contributed by atoms with E-state index >= 15 is 0 Å². The zero-order valence-electron chi connectivity index (χ0n) is 24.0. The van der Waals surface area contributed by atoms with Gasteiger partial charge in [0.2, 0.25) is 0 Å². The summed E-state index contributed by atoms with van der Waals surface area (Å²) in [5, 5.41) is 11.2. The van der Waals surface area contributed by atoms with Gasteiger partial charge in [0.05, 0.1) is 6.04 Å². The molecule has 7 heteroatoms. The number of carbonyl (C=O) groups excluding carboxylic acids is 2. The van der Waals surface area contributed by atoms with Gasteiger partial charge < -0.3 is 24.4 Å². The van der Waals surface area contributed by atoms with Crippen molar-refractivity contribution in [2.75, 3.05) is 20.1 Å². The van der Waals surface area contributed by atoms with Gasteiger partial charge in [-0.05, 0) is 75.7 Å². The van der Waals surface area contributed by atoms with E-state index in [1.165, 1.54) is 13.0 Å². The Labute approximate surface area is 236 Å². The summed E-state index contributed by atoms with van der Waals surface area (Å²) in [6, 6.07) is 9.49. The lowest BCUT2D eigenvalue weighted by Crippen LogP contribution is -2.68. The largest absolute Gasteiger partial charge is 0.508 e. The topological polar surface area (TPSA) is 79.3 Å². The van der Waals surface area contributed by atoms with Crippen LogP contribution in [0.4, 0.5) is 0 Å². The van der Waals surface area contributed by atoms with Crippen molar-refractivity contribution < 1.29 is 24.2 Å². The molecule has 2 heterocycles. The van der Waals surface area contributed by atoms with Gasteiger partial charge >= 0.3 is 5.97 Å². The molecule has 40 heavy (non-hydrogen) atoms. The molecule has 0 radical (unpaired) electrons.